The number of methoxy groups -OCH3 is 1. The molecule has 7 nitrogen and oxygen atoms in total. The third-order valence-corrected chi connectivity index (χ3v) is 6.30. The molecule has 1 aliphatic heterocycles. The lowest BCUT2D eigenvalue weighted by Gasteiger charge is -2.34. The Bertz CT molecular complexity index is 1090. The number of nitrogens with one attached hydrogen (secondary N) is 2. The van der Waals surface area contributed by atoms with E-state index in [0.29, 0.717) is 21.8 Å². The SMILES string of the molecule is COc1cc(N2CCN(C)CC2)ccc1Nc1ncc(Cl)c(N[C@@H](C)c2ccc(Cl)cc2)n1. The second kappa shape index (κ2) is 10.5. The maximum atomic E-state index is 6.36. The normalized spacial score (nSPS) is 15.2. The quantitative estimate of drug-likeness (QED) is 0.459. The second-order valence-corrected chi connectivity index (χ2v) is 8.95. The molecule has 1 fully saturated rings. The van der Waals surface area contributed by atoms with E-state index in [9.17, 15) is 0 Å². The van der Waals surface area contributed by atoms with Crippen molar-refractivity contribution in [2.75, 3.05) is 55.9 Å². The molecule has 174 valence electrons. The van der Waals surface area contributed by atoms with Crippen LogP contribution >= 0.6 is 23.2 Å². The number of benzene rings is 2. The van der Waals surface area contributed by atoms with Crippen LogP contribution in [0.5, 0.6) is 5.75 Å². The Balaban J connectivity index is 1.50. The molecule has 33 heavy (non-hydrogen) atoms. The number of ether oxygens (including phenoxy) is 1. The van der Waals surface area contributed by atoms with Gasteiger partial charge in [-0.25, -0.2) is 4.98 Å². The topological polar surface area (TPSA) is 65.6 Å². The molecule has 1 saturated heterocycles. The van der Waals surface area contributed by atoms with Crippen LogP contribution in [0, 0.1) is 0 Å². The van der Waals surface area contributed by atoms with Crippen LogP contribution in [0.3, 0.4) is 0 Å². The van der Waals surface area contributed by atoms with E-state index in [1.165, 1.54) is 0 Å². The molecule has 1 atom stereocenters. The van der Waals surface area contributed by atoms with Crippen molar-refractivity contribution in [1.82, 2.24) is 14.9 Å². The molecule has 2 aromatic carbocycles. The van der Waals surface area contributed by atoms with Gasteiger partial charge in [0.15, 0.2) is 5.82 Å². The van der Waals surface area contributed by atoms with E-state index >= 15 is 0 Å². The lowest BCUT2D eigenvalue weighted by atomic mass is 10.1. The Hall–Kier alpha value is -2.74. The van der Waals surface area contributed by atoms with Crippen molar-refractivity contribution in [3.05, 3.63) is 64.3 Å². The van der Waals surface area contributed by atoms with Crippen LogP contribution in [0.25, 0.3) is 0 Å². The molecule has 0 aliphatic carbocycles. The Labute approximate surface area is 204 Å². The first-order valence-corrected chi connectivity index (χ1v) is 11.6. The van der Waals surface area contributed by atoms with Crippen LogP contribution in [-0.2, 0) is 0 Å². The van der Waals surface area contributed by atoms with Gasteiger partial charge in [0.1, 0.15) is 10.8 Å². The maximum absolute atomic E-state index is 6.36. The Morgan fingerprint density at radius 3 is 2.45 bits per heavy atom. The summed E-state index contributed by atoms with van der Waals surface area (Å²) in [5, 5.41) is 7.75. The summed E-state index contributed by atoms with van der Waals surface area (Å²) in [6.07, 6.45) is 1.58. The number of aromatic nitrogens is 2. The average molecular weight is 487 g/mol. The van der Waals surface area contributed by atoms with Gasteiger partial charge in [-0.2, -0.15) is 4.98 Å². The Morgan fingerprint density at radius 1 is 1.03 bits per heavy atom. The van der Waals surface area contributed by atoms with Gasteiger partial charge in [0.2, 0.25) is 5.95 Å². The van der Waals surface area contributed by atoms with Crippen LogP contribution in [0.4, 0.5) is 23.1 Å². The van der Waals surface area contributed by atoms with Crippen molar-refractivity contribution in [3.8, 4) is 5.75 Å². The van der Waals surface area contributed by atoms with E-state index in [0.717, 1.165) is 48.9 Å². The zero-order valence-electron chi connectivity index (χ0n) is 19.0. The summed E-state index contributed by atoms with van der Waals surface area (Å²) in [6.45, 7) is 6.12. The first-order chi connectivity index (χ1) is 15.9. The highest BCUT2D eigenvalue weighted by molar-refractivity contribution is 6.32. The van der Waals surface area contributed by atoms with Crippen molar-refractivity contribution in [1.29, 1.82) is 0 Å². The van der Waals surface area contributed by atoms with E-state index in [-0.39, 0.29) is 6.04 Å². The number of anilines is 4. The minimum atomic E-state index is -0.0140. The van der Waals surface area contributed by atoms with Crippen LogP contribution < -0.4 is 20.3 Å². The number of rotatable bonds is 7. The van der Waals surface area contributed by atoms with Crippen molar-refractivity contribution in [3.63, 3.8) is 0 Å². The van der Waals surface area contributed by atoms with Gasteiger partial charge in [-0.15, -0.1) is 0 Å². The Morgan fingerprint density at radius 2 is 1.76 bits per heavy atom. The molecule has 0 amide bonds. The summed E-state index contributed by atoms with van der Waals surface area (Å²) in [5.41, 5.74) is 3.00. The van der Waals surface area contributed by atoms with Crippen LogP contribution in [0.15, 0.2) is 48.7 Å². The molecule has 2 N–H and O–H groups in total. The number of nitrogens with zero attached hydrogens (tertiary/aromatic N) is 4. The number of hydrogen-bond donors (Lipinski definition) is 2. The number of likely N-dealkylation sites (N-methyl/N-ethyl adjacent to an activating group) is 1. The van der Waals surface area contributed by atoms with Gasteiger partial charge >= 0.3 is 0 Å². The van der Waals surface area contributed by atoms with Gasteiger partial charge < -0.3 is 25.2 Å². The molecule has 2 heterocycles. The lowest BCUT2D eigenvalue weighted by Crippen LogP contribution is -2.44. The fraction of sp³-hybridized carbons (Fsp3) is 0.333. The fourth-order valence-corrected chi connectivity index (χ4v) is 4.01. The number of hydrogen-bond acceptors (Lipinski definition) is 7. The number of piperazine rings is 1. The maximum Gasteiger partial charge on any atom is 0.229 e. The summed E-state index contributed by atoms with van der Waals surface area (Å²) in [7, 11) is 3.81. The number of halogens is 2. The highest BCUT2D eigenvalue weighted by Crippen LogP contribution is 2.33. The third kappa shape index (κ3) is 5.79. The molecule has 0 saturated carbocycles. The highest BCUT2D eigenvalue weighted by atomic mass is 35.5. The standard InChI is InChI=1S/C24H28Cl2N6O/c1-16(17-4-6-18(25)7-5-17)28-23-20(26)15-27-24(30-23)29-21-9-8-19(14-22(21)33-3)32-12-10-31(2)11-13-32/h4-9,14-16H,10-13H2,1-3H3,(H2,27,28,29,30)/t16-/m0/s1. The largest absolute Gasteiger partial charge is 0.494 e. The molecule has 1 aliphatic rings. The van der Waals surface area contributed by atoms with E-state index in [2.05, 4.69) is 43.5 Å². The van der Waals surface area contributed by atoms with Crippen LogP contribution in [0.1, 0.15) is 18.5 Å². The minimum Gasteiger partial charge on any atom is -0.494 e. The van der Waals surface area contributed by atoms with Gasteiger partial charge in [0.25, 0.3) is 0 Å². The monoisotopic (exact) mass is 486 g/mol. The molecule has 0 unspecified atom stereocenters. The van der Waals surface area contributed by atoms with Gasteiger partial charge in [-0.1, -0.05) is 35.3 Å². The molecular formula is C24H28Cl2N6O. The Kier molecular flexibility index (Phi) is 7.42. The smallest absolute Gasteiger partial charge is 0.229 e. The predicted molar refractivity (Wildman–Crippen MR) is 137 cm³/mol. The molecule has 1 aromatic heterocycles. The molecule has 0 bridgehead atoms. The third-order valence-electron chi connectivity index (χ3n) is 5.77. The zero-order chi connectivity index (χ0) is 23.4. The highest BCUT2D eigenvalue weighted by Gasteiger charge is 2.17. The lowest BCUT2D eigenvalue weighted by molar-refractivity contribution is 0.312. The first-order valence-electron chi connectivity index (χ1n) is 10.9. The molecule has 9 heteroatoms. The molecular weight excluding hydrogens is 459 g/mol. The van der Waals surface area contributed by atoms with E-state index < -0.39 is 0 Å². The molecule has 3 aromatic rings. The van der Waals surface area contributed by atoms with Gasteiger partial charge in [0.05, 0.1) is 19.0 Å². The van der Waals surface area contributed by atoms with E-state index in [1.54, 1.807) is 13.3 Å². The predicted octanol–water partition coefficient (Wildman–Crippen LogP) is 5.46. The molecule has 0 spiro atoms. The summed E-state index contributed by atoms with van der Waals surface area (Å²) in [5.74, 6) is 1.70. The summed E-state index contributed by atoms with van der Waals surface area (Å²) in [6, 6.07) is 13.8. The first kappa shape index (κ1) is 23.4. The molecule has 4 rings (SSSR count). The summed E-state index contributed by atoms with van der Waals surface area (Å²) < 4.78 is 5.65. The average Bonchev–Trinajstić information content (AvgIpc) is 2.82. The second-order valence-electron chi connectivity index (χ2n) is 8.11. The molecule has 0 radical (unpaired) electrons. The van der Waals surface area contributed by atoms with E-state index in [1.807, 2.05) is 43.3 Å². The van der Waals surface area contributed by atoms with Crippen molar-refractivity contribution < 1.29 is 4.74 Å². The van der Waals surface area contributed by atoms with Gasteiger partial charge in [0, 0.05) is 49.0 Å². The van der Waals surface area contributed by atoms with Gasteiger partial charge in [-0.05, 0) is 43.8 Å². The van der Waals surface area contributed by atoms with Crippen molar-refractivity contribution >= 4 is 46.3 Å². The van der Waals surface area contributed by atoms with Gasteiger partial charge in [-0.3, -0.25) is 0 Å². The minimum absolute atomic E-state index is 0.0140. The van der Waals surface area contributed by atoms with Crippen LogP contribution in [-0.4, -0.2) is 55.2 Å². The van der Waals surface area contributed by atoms with E-state index in [4.69, 9.17) is 27.9 Å². The fourth-order valence-electron chi connectivity index (χ4n) is 3.73. The summed E-state index contributed by atoms with van der Waals surface area (Å²) in [4.78, 5) is 13.6. The summed E-state index contributed by atoms with van der Waals surface area (Å²) >= 11 is 12.4. The van der Waals surface area contributed by atoms with Crippen molar-refractivity contribution in [2.24, 2.45) is 0 Å². The van der Waals surface area contributed by atoms with Crippen LogP contribution in [0.2, 0.25) is 10.0 Å². The zero-order valence-corrected chi connectivity index (χ0v) is 20.5. The van der Waals surface area contributed by atoms with Crippen molar-refractivity contribution in [2.45, 2.75) is 13.0 Å².